The lowest BCUT2D eigenvalue weighted by Gasteiger charge is -2.19. The summed E-state index contributed by atoms with van der Waals surface area (Å²) in [5.74, 6) is -0.839. The quantitative estimate of drug-likeness (QED) is 0.0265. The molecule has 0 aliphatic rings. The summed E-state index contributed by atoms with van der Waals surface area (Å²) in [4.78, 5) is 34.9. The van der Waals surface area contributed by atoms with E-state index >= 15 is 0 Å². The first-order chi connectivity index (χ1) is 29.3. The van der Waals surface area contributed by atoms with Crippen LogP contribution in [-0.4, -0.2) is 49.3 Å². The Bertz CT molecular complexity index is 1170. The second-order valence-electron chi connectivity index (χ2n) is 15.9. The molecule has 0 rings (SSSR count). The van der Waals surface area contributed by atoms with E-state index in [1.54, 1.807) is 0 Å². The number of allylic oxidation sites excluding steroid dienone is 10. The number of ether oxygens (including phenoxy) is 2. The molecular weight excluding hydrogens is 774 g/mol. The molecule has 0 aliphatic heterocycles. The van der Waals surface area contributed by atoms with Gasteiger partial charge in [0.15, 0.2) is 6.10 Å². The molecular formula is C50H90NO8P. The van der Waals surface area contributed by atoms with Crippen molar-refractivity contribution < 1.29 is 37.6 Å². The Morgan fingerprint density at radius 2 is 0.917 bits per heavy atom. The maximum absolute atomic E-state index is 12.6. The van der Waals surface area contributed by atoms with Gasteiger partial charge in [-0.25, -0.2) is 4.57 Å². The third-order valence-corrected chi connectivity index (χ3v) is 11.1. The maximum atomic E-state index is 12.6. The number of hydrogen-bond acceptors (Lipinski definition) is 8. The van der Waals surface area contributed by atoms with Gasteiger partial charge in [0.1, 0.15) is 6.61 Å². The third-order valence-electron chi connectivity index (χ3n) is 10.1. The van der Waals surface area contributed by atoms with Crippen molar-refractivity contribution in [2.75, 3.05) is 26.4 Å². The van der Waals surface area contributed by atoms with Crippen molar-refractivity contribution >= 4 is 19.8 Å². The summed E-state index contributed by atoms with van der Waals surface area (Å²) in [6.45, 7) is 3.55. The Morgan fingerprint density at radius 1 is 0.517 bits per heavy atom. The van der Waals surface area contributed by atoms with Crippen LogP contribution < -0.4 is 5.73 Å². The van der Waals surface area contributed by atoms with E-state index in [9.17, 15) is 19.0 Å². The highest BCUT2D eigenvalue weighted by Gasteiger charge is 2.26. The predicted octanol–water partition coefficient (Wildman–Crippen LogP) is 14.4. The van der Waals surface area contributed by atoms with Crippen LogP contribution in [0.3, 0.4) is 0 Å². The summed E-state index contributed by atoms with van der Waals surface area (Å²) in [7, 11) is -4.38. The van der Waals surface area contributed by atoms with Crippen LogP contribution >= 0.6 is 7.82 Å². The molecule has 0 aromatic rings. The molecule has 0 amide bonds. The highest BCUT2D eigenvalue weighted by atomic mass is 31.2. The lowest BCUT2D eigenvalue weighted by atomic mass is 10.0. The van der Waals surface area contributed by atoms with Gasteiger partial charge in [-0.1, -0.05) is 190 Å². The van der Waals surface area contributed by atoms with Gasteiger partial charge in [0.25, 0.3) is 0 Å². The molecule has 348 valence electrons. The van der Waals surface area contributed by atoms with Crippen molar-refractivity contribution in [3.8, 4) is 0 Å². The van der Waals surface area contributed by atoms with Gasteiger partial charge in [-0.05, 0) is 70.6 Å². The number of esters is 2. The summed E-state index contributed by atoms with van der Waals surface area (Å²) in [6.07, 6.45) is 55.7. The molecule has 10 heteroatoms. The molecule has 0 spiro atoms. The van der Waals surface area contributed by atoms with Crippen LogP contribution in [-0.2, 0) is 32.7 Å². The van der Waals surface area contributed by atoms with Gasteiger partial charge in [-0.3, -0.25) is 18.6 Å². The number of rotatable bonds is 45. The number of carbonyl (C=O) groups is 2. The summed E-state index contributed by atoms with van der Waals surface area (Å²) >= 11 is 0. The second-order valence-corrected chi connectivity index (χ2v) is 17.4. The molecule has 0 bridgehead atoms. The molecule has 0 heterocycles. The summed E-state index contributed by atoms with van der Waals surface area (Å²) < 4.78 is 32.8. The SMILES string of the molecule is CC/C=C\C/C=C\C/C=C\C/C=C\CCCCCCCCCCCCCCCCCCC(=O)OC(COC(=O)CCCCCCC/C=C\CCC)COP(=O)(O)OCCN. The molecule has 0 aliphatic carbocycles. The van der Waals surface area contributed by atoms with Crippen molar-refractivity contribution in [1.82, 2.24) is 0 Å². The first kappa shape index (κ1) is 57.7. The largest absolute Gasteiger partial charge is 0.472 e. The fourth-order valence-corrected chi connectivity index (χ4v) is 7.34. The molecule has 60 heavy (non-hydrogen) atoms. The van der Waals surface area contributed by atoms with E-state index in [-0.39, 0.29) is 32.6 Å². The van der Waals surface area contributed by atoms with Gasteiger partial charge < -0.3 is 20.1 Å². The van der Waals surface area contributed by atoms with Crippen LogP contribution in [0.25, 0.3) is 0 Å². The highest BCUT2D eigenvalue weighted by molar-refractivity contribution is 7.47. The second kappa shape index (κ2) is 46.2. The van der Waals surface area contributed by atoms with Crippen molar-refractivity contribution in [3.63, 3.8) is 0 Å². The maximum Gasteiger partial charge on any atom is 0.472 e. The molecule has 2 unspecified atom stereocenters. The van der Waals surface area contributed by atoms with Gasteiger partial charge in [0.2, 0.25) is 0 Å². The Labute approximate surface area is 368 Å². The van der Waals surface area contributed by atoms with Crippen LogP contribution in [0.2, 0.25) is 0 Å². The first-order valence-corrected chi connectivity index (χ1v) is 25.8. The number of carbonyl (C=O) groups excluding carboxylic acids is 2. The van der Waals surface area contributed by atoms with E-state index in [0.29, 0.717) is 6.42 Å². The number of unbranched alkanes of at least 4 members (excludes halogenated alkanes) is 22. The van der Waals surface area contributed by atoms with Crippen LogP contribution in [0.5, 0.6) is 0 Å². The fourth-order valence-electron chi connectivity index (χ4n) is 6.57. The average molecular weight is 864 g/mol. The smallest absolute Gasteiger partial charge is 0.462 e. The minimum Gasteiger partial charge on any atom is -0.462 e. The van der Waals surface area contributed by atoms with E-state index in [4.69, 9.17) is 24.3 Å². The zero-order chi connectivity index (χ0) is 43.9. The first-order valence-electron chi connectivity index (χ1n) is 24.3. The molecule has 0 radical (unpaired) electrons. The van der Waals surface area contributed by atoms with Crippen LogP contribution in [0, 0.1) is 0 Å². The topological polar surface area (TPSA) is 134 Å². The Morgan fingerprint density at radius 3 is 1.38 bits per heavy atom. The molecule has 0 saturated heterocycles. The van der Waals surface area contributed by atoms with E-state index in [2.05, 4.69) is 74.6 Å². The van der Waals surface area contributed by atoms with E-state index in [1.165, 1.54) is 89.9 Å². The molecule has 3 N–H and O–H groups in total. The number of phosphoric acid groups is 1. The fraction of sp³-hybridized carbons (Fsp3) is 0.760. The molecule has 2 atom stereocenters. The standard InChI is InChI=1S/C50H90NO8P/c1-3-5-7-9-11-13-15-16-17-18-19-20-21-22-23-24-25-26-27-28-29-30-31-32-33-35-37-39-41-43-50(53)59-48(47-58-60(54,55)57-45-44-51)46-56-49(52)42-40-38-36-34-14-12-10-8-6-4-2/h5,7-8,10-11,13,16-17,19-20,48H,3-4,6,9,12,14-15,18,21-47,51H2,1-2H3,(H,54,55)/b7-5-,10-8-,13-11-,17-16-,20-19-. The molecule has 0 saturated carbocycles. The van der Waals surface area contributed by atoms with Crippen LogP contribution in [0.15, 0.2) is 60.8 Å². The van der Waals surface area contributed by atoms with Crippen molar-refractivity contribution in [2.24, 2.45) is 5.73 Å². The Balaban J connectivity index is 3.92. The van der Waals surface area contributed by atoms with Gasteiger partial charge in [-0.15, -0.1) is 0 Å². The number of phosphoric ester groups is 1. The Kier molecular flexibility index (Phi) is 44.5. The lowest BCUT2D eigenvalue weighted by molar-refractivity contribution is -0.161. The average Bonchev–Trinajstić information content (AvgIpc) is 3.24. The third kappa shape index (κ3) is 45.2. The van der Waals surface area contributed by atoms with Gasteiger partial charge in [0.05, 0.1) is 13.2 Å². The van der Waals surface area contributed by atoms with E-state index in [0.717, 1.165) is 89.9 Å². The zero-order valence-electron chi connectivity index (χ0n) is 38.4. The minimum atomic E-state index is -4.38. The summed E-state index contributed by atoms with van der Waals surface area (Å²) in [6, 6.07) is 0. The summed E-state index contributed by atoms with van der Waals surface area (Å²) in [5, 5.41) is 0. The van der Waals surface area contributed by atoms with Crippen molar-refractivity contribution in [2.45, 2.75) is 219 Å². The van der Waals surface area contributed by atoms with Crippen LogP contribution in [0.1, 0.15) is 213 Å². The molecule has 0 aromatic heterocycles. The number of hydrogen-bond donors (Lipinski definition) is 2. The normalized spacial score (nSPS) is 13.7. The molecule has 0 aromatic carbocycles. The van der Waals surface area contributed by atoms with Gasteiger partial charge >= 0.3 is 19.8 Å². The predicted molar refractivity (Wildman–Crippen MR) is 252 cm³/mol. The van der Waals surface area contributed by atoms with E-state index < -0.39 is 32.5 Å². The van der Waals surface area contributed by atoms with Crippen molar-refractivity contribution in [3.05, 3.63) is 60.8 Å². The van der Waals surface area contributed by atoms with Gasteiger partial charge in [0, 0.05) is 19.4 Å². The monoisotopic (exact) mass is 864 g/mol. The zero-order valence-corrected chi connectivity index (χ0v) is 39.3. The minimum absolute atomic E-state index is 0.0514. The van der Waals surface area contributed by atoms with Crippen LogP contribution in [0.4, 0.5) is 0 Å². The molecule has 9 nitrogen and oxygen atoms in total. The van der Waals surface area contributed by atoms with Gasteiger partial charge in [-0.2, -0.15) is 0 Å². The van der Waals surface area contributed by atoms with E-state index in [1.807, 2.05) is 0 Å². The number of nitrogens with two attached hydrogens (primary N) is 1. The van der Waals surface area contributed by atoms with Crippen molar-refractivity contribution in [1.29, 1.82) is 0 Å². The molecule has 0 fully saturated rings. The lowest BCUT2D eigenvalue weighted by Crippen LogP contribution is -2.29. The Hall–Kier alpha value is -2.29. The highest BCUT2D eigenvalue weighted by Crippen LogP contribution is 2.43. The summed E-state index contributed by atoms with van der Waals surface area (Å²) in [5.41, 5.74) is 5.35.